The van der Waals surface area contributed by atoms with Crippen LogP contribution in [0.5, 0.6) is 0 Å². The first-order chi connectivity index (χ1) is 4.43. The van der Waals surface area contributed by atoms with Crippen LogP contribution < -0.4 is 0 Å². The van der Waals surface area contributed by atoms with E-state index in [1.165, 1.54) is 20.5 Å². The van der Waals surface area contributed by atoms with Gasteiger partial charge in [-0.15, -0.1) is 11.3 Å². The molecule has 0 saturated heterocycles. The van der Waals surface area contributed by atoms with Gasteiger partial charge in [0.2, 0.25) is 0 Å². The Hall–Kier alpha value is -0.820. The Bertz CT molecular complexity index is 371. The van der Waals surface area contributed by atoms with Gasteiger partial charge in [0.25, 0.3) is 0 Å². The molecule has 2 aromatic rings. The van der Waals surface area contributed by atoms with E-state index in [1.54, 1.807) is 0 Å². The van der Waals surface area contributed by atoms with E-state index < -0.39 is 0 Å². The highest BCUT2D eigenvalue weighted by Crippen LogP contribution is 2.41. The molecule has 0 saturated carbocycles. The lowest BCUT2D eigenvalue weighted by Gasteiger charge is -1.96. The lowest BCUT2D eigenvalue weighted by Crippen LogP contribution is -1.67. The van der Waals surface area contributed by atoms with Crippen molar-refractivity contribution in [1.29, 1.82) is 0 Å². The van der Waals surface area contributed by atoms with E-state index in [0.717, 1.165) is 0 Å². The van der Waals surface area contributed by atoms with Gasteiger partial charge < -0.3 is 0 Å². The standard InChI is InChI=1S/C8H4S/c1-2-7-6-3-5(1)8(4-6)9-7/h1-4H. The second kappa shape index (κ2) is 1.05. The van der Waals surface area contributed by atoms with Crippen molar-refractivity contribution in [2.24, 2.45) is 0 Å². The summed E-state index contributed by atoms with van der Waals surface area (Å²) in [5.41, 5.74) is 1.41. The Kier molecular flexibility index (Phi) is 0.474. The Balaban J connectivity index is 2.89. The fraction of sp³-hybridized carbons (Fsp3) is 0. The van der Waals surface area contributed by atoms with Gasteiger partial charge in [0.1, 0.15) is 0 Å². The Morgan fingerprint density at radius 3 is 2.56 bits per heavy atom. The average molecular weight is 132 g/mol. The summed E-state index contributed by atoms with van der Waals surface area (Å²) in [7, 11) is 0. The van der Waals surface area contributed by atoms with E-state index >= 15 is 0 Å². The van der Waals surface area contributed by atoms with Crippen LogP contribution in [0, 0.1) is 0 Å². The first-order valence-electron chi connectivity index (χ1n) is 2.97. The number of benzene rings is 1. The fourth-order valence-electron chi connectivity index (χ4n) is 1.34. The van der Waals surface area contributed by atoms with Crippen molar-refractivity contribution in [3.63, 3.8) is 0 Å². The van der Waals surface area contributed by atoms with E-state index in [1.807, 2.05) is 11.3 Å². The third-order valence-electron chi connectivity index (χ3n) is 1.80. The van der Waals surface area contributed by atoms with Crippen LogP contribution in [0.25, 0.3) is 20.5 Å². The third-order valence-corrected chi connectivity index (χ3v) is 2.97. The zero-order valence-corrected chi connectivity index (χ0v) is 5.53. The maximum Gasteiger partial charge on any atom is 0.0355 e. The molecule has 9 heavy (non-hydrogen) atoms. The van der Waals surface area contributed by atoms with Gasteiger partial charge in [-0.2, -0.15) is 0 Å². The molecule has 1 aliphatic heterocycles. The highest BCUT2D eigenvalue weighted by Gasteiger charge is 2.11. The topological polar surface area (TPSA) is 0 Å². The highest BCUT2D eigenvalue weighted by atomic mass is 32.1. The van der Waals surface area contributed by atoms with E-state index in [9.17, 15) is 0 Å². The average Bonchev–Trinajstić information content (AvgIpc) is 2.40. The maximum atomic E-state index is 2.26. The molecule has 0 spiro atoms. The van der Waals surface area contributed by atoms with Gasteiger partial charge in [0.15, 0.2) is 0 Å². The molecule has 4 bridgehead atoms. The van der Waals surface area contributed by atoms with Gasteiger partial charge in [-0.1, -0.05) is 6.07 Å². The van der Waals surface area contributed by atoms with Crippen LogP contribution in [0.3, 0.4) is 0 Å². The molecule has 1 aromatic carbocycles. The summed E-state index contributed by atoms with van der Waals surface area (Å²) in [6, 6.07) is 8.90. The van der Waals surface area contributed by atoms with Crippen LogP contribution in [-0.4, -0.2) is 0 Å². The van der Waals surface area contributed by atoms with Crippen molar-refractivity contribution >= 4 is 21.4 Å². The highest BCUT2D eigenvalue weighted by molar-refractivity contribution is 7.22. The molecule has 0 fully saturated rings. The molecule has 42 valence electrons. The first kappa shape index (κ1) is 4.07. The summed E-state index contributed by atoms with van der Waals surface area (Å²) < 4.78 is 1.43. The predicted octanol–water partition coefficient (Wildman–Crippen LogP) is 2.88. The minimum absolute atomic E-state index is 1.41. The van der Waals surface area contributed by atoms with Crippen molar-refractivity contribution < 1.29 is 0 Å². The SMILES string of the molecule is c1cc2sc3cc2cc1-3. The van der Waals surface area contributed by atoms with E-state index in [-0.39, 0.29) is 0 Å². The Labute approximate surface area is 56.7 Å². The molecule has 1 heteroatoms. The van der Waals surface area contributed by atoms with Gasteiger partial charge in [-0.25, -0.2) is 0 Å². The van der Waals surface area contributed by atoms with Crippen molar-refractivity contribution in [1.82, 2.24) is 0 Å². The summed E-state index contributed by atoms with van der Waals surface area (Å²) in [6.45, 7) is 0. The largest absolute Gasteiger partial charge is 0.135 e. The molecule has 0 atom stereocenters. The van der Waals surface area contributed by atoms with Crippen molar-refractivity contribution in [3.8, 4) is 10.4 Å². The molecule has 2 aliphatic rings. The maximum absolute atomic E-state index is 2.26. The minimum atomic E-state index is 1.41. The second-order valence-electron chi connectivity index (χ2n) is 2.36. The zero-order chi connectivity index (χ0) is 5.84. The van der Waals surface area contributed by atoms with Crippen LogP contribution in [0.15, 0.2) is 24.3 Å². The second-order valence-corrected chi connectivity index (χ2v) is 3.45. The number of rotatable bonds is 0. The van der Waals surface area contributed by atoms with Crippen molar-refractivity contribution in [2.75, 3.05) is 0 Å². The van der Waals surface area contributed by atoms with Crippen LogP contribution in [0.2, 0.25) is 0 Å². The molecule has 1 aliphatic carbocycles. The summed E-state index contributed by atoms with van der Waals surface area (Å²) in [6.07, 6.45) is 0. The quantitative estimate of drug-likeness (QED) is 0.441. The van der Waals surface area contributed by atoms with Crippen LogP contribution >= 0.6 is 11.3 Å². The summed E-state index contributed by atoms with van der Waals surface area (Å²) in [5, 5.41) is 1.42. The van der Waals surface area contributed by atoms with Crippen LogP contribution in [-0.2, 0) is 0 Å². The summed E-state index contributed by atoms with van der Waals surface area (Å²) >= 11 is 1.90. The zero-order valence-electron chi connectivity index (χ0n) is 4.72. The van der Waals surface area contributed by atoms with E-state index in [4.69, 9.17) is 0 Å². The lowest BCUT2D eigenvalue weighted by molar-refractivity contribution is 1.87. The number of hydrogen-bond acceptors (Lipinski definition) is 1. The normalized spacial score (nSPS) is 12.4. The molecule has 0 radical (unpaired) electrons. The lowest BCUT2D eigenvalue weighted by atomic mass is 10.2. The molecule has 1 aromatic heterocycles. The van der Waals surface area contributed by atoms with Gasteiger partial charge in [-0.05, 0) is 29.1 Å². The summed E-state index contributed by atoms with van der Waals surface area (Å²) in [5.74, 6) is 0. The molecule has 0 unspecified atom stereocenters. The Morgan fingerprint density at radius 2 is 2.11 bits per heavy atom. The molecule has 0 amide bonds. The fourth-order valence-corrected chi connectivity index (χ4v) is 2.38. The van der Waals surface area contributed by atoms with E-state index in [2.05, 4.69) is 24.3 Å². The van der Waals surface area contributed by atoms with Gasteiger partial charge in [0, 0.05) is 9.58 Å². The van der Waals surface area contributed by atoms with Crippen molar-refractivity contribution in [2.45, 2.75) is 0 Å². The molecular formula is C8H4S. The van der Waals surface area contributed by atoms with Gasteiger partial charge in [-0.3, -0.25) is 0 Å². The molecule has 4 rings (SSSR count). The smallest absolute Gasteiger partial charge is 0.0355 e. The van der Waals surface area contributed by atoms with Crippen molar-refractivity contribution in [3.05, 3.63) is 24.3 Å². The monoisotopic (exact) mass is 132 g/mol. The van der Waals surface area contributed by atoms with Crippen LogP contribution in [0.1, 0.15) is 0 Å². The molecule has 0 N–H and O–H groups in total. The van der Waals surface area contributed by atoms with Crippen LogP contribution in [0.4, 0.5) is 0 Å². The van der Waals surface area contributed by atoms with E-state index in [0.29, 0.717) is 0 Å². The van der Waals surface area contributed by atoms with Gasteiger partial charge >= 0.3 is 0 Å². The Morgan fingerprint density at radius 1 is 1.11 bits per heavy atom. The number of thiophene rings is 1. The number of hydrogen-bond donors (Lipinski definition) is 0. The first-order valence-corrected chi connectivity index (χ1v) is 3.79. The number of fused-ring (bicyclic) bond motifs is 1. The summed E-state index contributed by atoms with van der Waals surface area (Å²) in [4.78, 5) is 1.45. The third kappa shape index (κ3) is 0.330. The molecule has 0 nitrogen and oxygen atoms in total. The molecular weight excluding hydrogens is 128 g/mol. The predicted molar refractivity (Wildman–Crippen MR) is 40.8 cm³/mol. The van der Waals surface area contributed by atoms with Gasteiger partial charge in [0.05, 0.1) is 0 Å². The minimum Gasteiger partial charge on any atom is -0.135 e. The molecule has 2 heterocycles.